The molecule has 3 rings (SSSR count). The monoisotopic (exact) mass is 474 g/mol. The van der Waals surface area contributed by atoms with Crippen LogP contribution >= 0.6 is 7.14 Å². The molecule has 1 aromatic heterocycles. The number of para-hydroxylation sites is 1. The summed E-state index contributed by atoms with van der Waals surface area (Å²) in [6.07, 6.45) is 1.31. The van der Waals surface area contributed by atoms with E-state index >= 15 is 0 Å². The fourth-order valence-electron chi connectivity index (χ4n) is 3.18. The summed E-state index contributed by atoms with van der Waals surface area (Å²) in [5.74, 6) is 1.01. The maximum absolute atomic E-state index is 13.2. The zero-order valence-electron chi connectivity index (χ0n) is 18.7. The van der Waals surface area contributed by atoms with Gasteiger partial charge >= 0.3 is 0 Å². The highest BCUT2D eigenvalue weighted by Crippen LogP contribution is 2.44. The van der Waals surface area contributed by atoms with Gasteiger partial charge in [0.1, 0.15) is 30.9 Å². The molecule has 0 aliphatic rings. The van der Waals surface area contributed by atoms with E-state index < -0.39 is 22.2 Å². The first-order valence-corrected chi connectivity index (χ1v) is 14.1. The smallest absolute Gasteiger partial charge is 0.182 e. The van der Waals surface area contributed by atoms with Crippen molar-refractivity contribution in [3.8, 4) is 5.75 Å². The molecule has 0 fully saturated rings. The molecular weight excluding hydrogens is 447 g/mol. The van der Waals surface area contributed by atoms with Gasteiger partial charge in [-0.25, -0.2) is 18.4 Å². The molecule has 0 spiro atoms. The third-order valence-corrected chi connectivity index (χ3v) is 8.68. The van der Waals surface area contributed by atoms with Crippen molar-refractivity contribution >= 4 is 45.3 Å². The van der Waals surface area contributed by atoms with E-state index in [-0.39, 0.29) is 10.7 Å². The molecule has 0 bridgehead atoms. The van der Waals surface area contributed by atoms with Crippen molar-refractivity contribution in [2.75, 3.05) is 31.1 Å². The molecule has 3 aromatic rings. The van der Waals surface area contributed by atoms with Crippen LogP contribution in [-0.2, 0) is 14.4 Å². The minimum absolute atomic E-state index is 0.148. The van der Waals surface area contributed by atoms with Crippen molar-refractivity contribution in [3.63, 3.8) is 0 Å². The van der Waals surface area contributed by atoms with Crippen molar-refractivity contribution in [1.82, 2.24) is 9.97 Å². The summed E-state index contributed by atoms with van der Waals surface area (Å²) >= 11 is 0. The van der Waals surface area contributed by atoms with E-state index in [4.69, 9.17) is 10.5 Å². The van der Waals surface area contributed by atoms with E-state index in [0.717, 1.165) is 0 Å². The summed E-state index contributed by atoms with van der Waals surface area (Å²) < 4.78 is 44.6. The number of nitrogen functional groups attached to an aromatic ring is 1. The largest absolute Gasteiger partial charge is 0.495 e. The average Bonchev–Trinajstić information content (AvgIpc) is 2.73. The molecule has 10 heteroatoms. The maximum atomic E-state index is 13.2. The Balaban J connectivity index is 2.37. The molecule has 170 valence electrons. The summed E-state index contributed by atoms with van der Waals surface area (Å²) in [7, 11) is -4.68. The van der Waals surface area contributed by atoms with Crippen LogP contribution in [0.15, 0.2) is 59.8 Å². The minimum Gasteiger partial charge on any atom is -0.495 e. The third-order valence-electron chi connectivity index (χ3n) is 4.96. The Morgan fingerprint density at radius 3 is 2.31 bits per heavy atom. The van der Waals surface area contributed by atoms with Crippen LogP contribution < -0.4 is 20.7 Å². The van der Waals surface area contributed by atoms with Crippen molar-refractivity contribution in [2.24, 2.45) is 0 Å². The number of nitrogens with zero attached hydrogens (tertiary/aromatic N) is 3. The van der Waals surface area contributed by atoms with Gasteiger partial charge in [0.15, 0.2) is 9.84 Å². The van der Waals surface area contributed by atoms with Gasteiger partial charge in [-0.3, -0.25) is 4.90 Å². The van der Waals surface area contributed by atoms with E-state index in [9.17, 15) is 13.0 Å². The molecular formula is C22H27N4O4PS. The Bertz CT molecular complexity index is 1290. The molecule has 0 atom stereocenters. The molecule has 0 unspecified atom stereocenters. The molecule has 32 heavy (non-hydrogen) atoms. The van der Waals surface area contributed by atoms with Crippen LogP contribution in [0.4, 0.5) is 23.0 Å². The van der Waals surface area contributed by atoms with Crippen LogP contribution in [0.2, 0.25) is 0 Å². The molecule has 8 nitrogen and oxygen atoms in total. The summed E-state index contributed by atoms with van der Waals surface area (Å²) in [5, 5.41) is 0.0136. The van der Waals surface area contributed by atoms with Crippen LogP contribution in [0.5, 0.6) is 5.75 Å². The van der Waals surface area contributed by atoms with Gasteiger partial charge < -0.3 is 15.0 Å². The number of anilines is 4. The summed E-state index contributed by atoms with van der Waals surface area (Å²) in [6.45, 7) is 6.62. The first-order chi connectivity index (χ1) is 15.0. The predicted molar refractivity (Wildman–Crippen MR) is 129 cm³/mol. The van der Waals surface area contributed by atoms with Gasteiger partial charge in [0.2, 0.25) is 0 Å². The highest BCUT2D eigenvalue weighted by Gasteiger charge is 2.29. The highest BCUT2D eigenvalue weighted by atomic mass is 32.2. The molecule has 1 heterocycles. The molecule has 2 aromatic carbocycles. The topological polar surface area (TPSA) is 115 Å². The number of hydrogen-bond donors (Lipinski definition) is 1. The lowest BCUT2D eigenvalue weighted by atomic mass is 10.2. The second kappa shape index (κ2) is 8.92. The lowest BCUT2D eigenvalue weighted by Crippen LogP contribution is -2.21. The zero-order chi connectivity index (χ0) is 23.7. The lowest BCUT2D eigenvalue weighted by molar-refractivity contribution is 0.416. The second-order valence-electron chi connectivity index (χ2n) is 7.90. The normalized spacial score (nSPS) is 12.1. The van der Waals surface area contributed by atoms with E-state index in [1.165, 1.54) is 13.4 Å². The van der Waals surface area contributed by atoms with E-state index in [2.05, 4.69) is 9.97 Å². The van der Waals surface area contributed by atoms with Crippen LogP contribution in [0, 0.1) is 0 Å². The van der Waals surface area contributed by atoms with E-state index in [1.54, 1.807) is 80.6 Å². The Morgan fingerprint density at radius 2 is 1.72 bits per heavy atom. The van der Waals surface area contributed by atoms with Crippen molar-refractivity contribution in [1.29, 1.82) is 0 Å². The zero-order valence-corrected chi connectivity index (χ0v) is 20.4. The van der Waals surface area contributed by atoms with Crippen LogP contribution in [0.25, 0.3) is 0 Å². The Hall–Kier alpha value is -2.90. The van der Waals surface area contributed by atoms with Gasteiger partial charge in [0.25, 0.3) is 0 Å². The molecule has 2 N–H and O–H groups in total. The van der Waals surface area contributed by atoms with E-state index in [0.29, 0.717) is 28.2 Å². The van der Waals surface area contributed by atoms with E-state index in [1.807, 2.05) is 0 Å². The number of sulfone groups is 1. The first-order valence-electron chi connectivity index (χ1n) is 9.91. The van der Waals surface area contributed by atoms with Crippen LogP contribution in [0.1, 0.15) is 13.8 Å². The van der Waals surface area contributed by atoms with Gasteiger partial charge in [0.05, 0.1) is 28.6 Å². The number of methoxy groups -OCH3 is 1. The van der Waals surface area contributed by atoms with Crippen molar-refractivity contribution < 1.29 is 17.7 Å². The molecule has 0 radical (unpaired) electrons. The lowest BCUT2D eigenvalue weighted by Gasteiger charge is -2.28. The molecule has 0 aliphatic carbocycles. The van der Waals surface area contributed by atoms with Crippen LogP contribution in [0.3, 0.4) is 0 Å². The van der Waals surface area contributed by atoms with Gasteiger partial charge in [-0.1, -0.05) is 12.1 Å². The van der Waals surface area contributed by atoms with Crippen molar-refractivity contribution in [3.05, 3.63) is 54.9 Å². The van der Waals surface area contributed by atoms with Gasteiger partial charge in [-0.2, -0.15) is 0 Å². The molecule has 0 amide bonds. The molecule has 0 saturated carbocycles. The van der Waals surface area contributed by atoms with Gasteiger partial charge in [0, 0.05) is 11.4 Å². The summed E-state index contributed by atoms with van der Waals surface area (Å²) in [6, 6.07) is 13.4. The number of nitrogens with two attached hydrogens (primary N) is 1. The minimum atomic E-state index is -3.63. The molecule has 0 aliphatic heterocycles. The standard InChI is InChI=1S/C22H27N4O4PS/c1-15(2)32(28,29)20-9-7-6-8-18(20)26(22-13-21(23)24-14-25-22)17-11-10-16(31(4,5)27)12-19(17)30-3/h6-15H,1-5H3,(H2,23,24,25). The Morgan fingerprint density at radius 1 is 1.03 bits per heavy atom. The Labute approximate surface area is 188 Å². The number of hydrogen-bond acceptors (Lipinski definition) is 8. The second-order valence-corrected chi connectivity index (χ2v) is 13.6. The predicted octanol–water partition coefficient (Wildman–Crippen LogP) is 3.97. The van der Waals surface area contributed by atoms with Gasteiger partial charge in [-0.05, 0) is 57.5 Å². The number of ether oxygens (including phenoxy) is 1. The Kier molecular flexibility index (Phi) is 6.62. The SMILES string of the molecule is COc1cc(P(C)(C)=O)ccc1N(c1cc(N)ncn1)c1ccccc1S(=O)(=O)C(C)C. The summed E-state index contributed by atoms with van der Waals surface area (Å²) in [4.78, 5) is 10.1. The summed E-state index contributed by atoms with van der Waals surface area (Å²) in [5.41, 5.74) is 6.82. The first kappa shape index (κ1) is 23.8. The highest BCUT2D eigenvalue weighted by molar-refractivity contribution is 7.92. The number of aromatic nitrogens is 2. The van der Waals surface area contributed by atoms with Gasteiger partial charge in [-0.15, -0.1) is 0 Å². The number of benzene rings is 2. The fraction of sp³-hybridized carbons (Fsp3) is 0.273. The maximum Gasteiger partial charge on any atom is 0.182 e. The van der Waals surface area contributed by atoms with Crippen molar-refractivity contribution in [2.45, 2.75) is 24.0 Å². The number of rotatable bonds is 7. The average molecular weight is 475 g/mol. The fourth-order valence-corrected chi connectivity index (χ4v) is 5.27. The third kappa shape index (κ3) is 4.64. The quantitative estimate of drug-likeness (QED) is 0.512. The van der Waals surface area contributed by atoms with Crippen LogP contribution in [-0.4, -0.2) is 44.1 Å². The molecule has 0 saturated heterocycles.